The van der Waals surface area contributed by atoms with E-state index in [0.717, 1.165) is 17.2 Å². The van der Waals surface area contributed by atoms with Crippen LogP contribution in [0.25, 0.3) is 0 Å². The monoisotopic (exact) mass is 431 g/mol. The number of aryl methyl sites for hydroxylation is 2. The van der Waals surface area contributed by atoms with Crippen molar-refractivity contribution >= 4 is 17.2 Å². The van der Waals surface area contributed by atoms with Gasteiger partial charge in [-0.1, -0.05) is 6.07 Å². The predicted molar refractivity (Wildman–Crippen MR) is 117 cm³/mol. The van der Waals surface area contributed by atoms with Gasteiger partial charge >= 0.3 is 0 Å². The number of hydrogen-bond acceptors (Lipinski definition) is 4. The lowest BCUT2D eigenvalue weighted by molar-refractivity contribution is 0.103. The van der Waals surface area contributed by atoms with Crippen molar-refractivity contribution in [2.24, 2.45) is 0 Å². The van der Waals surface area contributed by atoms with E-state index in [1.54, 1.807) is 30.5 Å². The molecule has 0 aromatic heterocycles. The van der Waals surface area contributed by atoms with Crippen molar-refractivity contribution in [3.05, 3.63) is 113 Å². The summed E-state index contributed by atoms with van der Waals surface area (Å²) in [5.41, 5.74) is 3.85. The number of allylic oxidation sites excluding steroid dienone is 1. The van der Waals surface area contributed by atoms with Gasteiger partial charge in [-0.2, -0.15) is 0 Å². The van der Waals surface area contributed by atoms with Crippen LogP contribution in [-0.4, -0.2) is 12.4 Å². The summed E-state index contributed by atoms with van der Waals surface area (Å²) in [6.45, 7) is 0.446. The molecule has 4 nitrogen and oxygen atoms in total. The second-order valence-corrected chi connectivity index (χ2v) is 7.61. The SMILES string of the molecule is O=C1c2ccc(Nc3ccc(F)cc3F)cc2CCc2ccc(OC3=CCOC=C3)cc21. The average Bonchev–Trinajstić information content (AvgIpc) is 2.93. The predicted octanol–water partition coefficient (Wildman–Crippen LogP) is 5.84. The van der Waals surface area contributed by atoms with Crippen LogP contribution in [0.2, 0.25) is 0 Å². The maximum absolute atomic E-state index is 14.0. The first-order valence-electron chi connectivity index (χ1n) is 10.3. The summed E-state index contributed by atoms with van der Waals surface area (Å²) >= 11 is 0. The zero-order valence-corrected chi connectivity index (χ0v) is 17.0. The molecule has 5 rings (SSSR count). The largest absolute Gasteiger partial charge is 0.497 e. The van der Waals surface area contributed by atoms with Crippen molar-refractivity contribution in [2.75, 3.05) is 11.9 Å². The quantitative estimate of drug-likeness (QED) is 0.563. The summed E-state index contributed by atoms with van der Waals surface area (Å²) in [5.74, 6) is -0.130. The molecule has 0 spiro atoms. The van der Waals surface area contributed by atoms with E-state index >= 15 is 0 Å². The van der Waals surface area contributed by atoms with Gasteiger partial charge in [0.25, 0.3) is 0 Å². The van der Waals surface area contributed by atoms with Crippen LogP contribution in [0.1, 0.15) is 27.0 Å². The molecule has 0 atom stereocenters. The van der Waals surface area contributed by atoms with E-state index in [2.05, 4.69) is 5.32 Å². The van der Waals surface area contributed by atoms with Gasteiger partial charge < -0.3 is 14.8 Å². The highest BCUT2D eigenvalue weighted by molar-refractivity contribution is 6.11. The minimum absolute atomic E-state index is 0.0750. The molecule has 160 valence electrons. The Balaban J connectivity index is 1.42. The van der Waals surface area contributed by atoms with Crippen LogP contribution < -0.4 is 10.1 Å². The van der Waals surface area contributed by atoms with Crippen LogP contribution in [0.15, 0.2) is 78.8 Å². The van der Waals surface area contributed by atoms with Crippen molar-refractivity contribution < 1.29 is 23.0 Å². The van der Waals surface area contributed by atoms with E-state index in [1.165, 1.54) is 12.1 Å². The number of anilines is 2. The van der Waals surface area contributed by atoms with E-state index in [-0.39, 0.29) is 11.5 Å². The molecule has 0 saturated heterocycles. The highest BCUT2D eigenvalue weighted by atomic mass is 19.1. The molecule has 1 N–H and O–H groups in total. The van der Waals surface area contributed by atoms with Gasteiger partial charge in [0.05, 0.1) is 11.9 Å². The molecule has 6 heteroatoms. The number of nitrogens with one attached hydrogen (secondary N) is 1. The summed E-state index contributed by atoms with van der Waals surface area (Å²) in [5, 5.41) is 2.96. The molecule has 32 heavy (non-hydrogen) atoms. The third-order valence-corrected chi connectivity index (χ3v) is 5.49. The molecule has 3 aromatic rings. The Morgan fingerprint density at radius 2 is 1.78 bits per heavy atom. The van der Waals surface area contributed by atoms with Gasteiger partial charge in [0.1, 0.15) is 29.8 Å². The number of fused-ring (bicyclic) bond motifs is 2. The molecule has 0 saturated carbocycles. The van der Waals surface area contributed by atoms with Gasteiger partial charge in [-0.15, -0.1) is 0 Å². The molecule has 0 amide bonds. The Kier molecular flexibility index (Phi) is 5.19. The molecule has 2 aliphatic rings. The molecule has 1 heterocycles. The first-order valence-corrected chi connectivity index (χ1v) is 10.3. The number of carbonyl (C=O) groups excluding carboxylic acids is 1. The van der Waals surface area contributed by atoms with E-state index in [9.17, 15) is 13.6 Å². The van der Waals surface area contributed by atoms with E-state index in [1.807, 2.05) is 24.3 Å². The lowest BCUT2D eigenvalue weighted by Gasteiger charge is -2.13. The van der Waals surface area contributed by atoms with Crippen molar-refractivity contribution in [3.63, 3.8) is 0 Å². The van der Waals surface area contributed by atoms with Crippen molar-refractivity contribution in [3.8, 4) is 5.75 Å². The minimum Gasteiger partial charge on any atom is -0.497 e. The fourth-order valence-electron chi connectivity index (χ4n) is 3.89. The second-order valence-electron chi connectivity index (χ2n) is 7.61. The molecule has 1 aliphatic heterocycles. The molecule has 3 aromatic carbocycles. The standard InChI is InChI=1S/C26H19F2NO3/c27-18-4-8-25(24(28)14-18)29-19-5-7-22-17(13-19)2-1-16-3-6-21(15-23(16)26(22)30)32-20-9-11-31-12-10-20/h3-11,13-15,29H,1-2,12H2. The average molecular weight is 431 g/mol. The summed E-state index contributed by atoms with van der Waals surface area (Å²) in [6, 6.07) is 14.2. The molecular weight excluding hydrogens is 412 g/mol. The third-order valence-electron chi connectivity index (χ3n) is 5.49. The maximum atomic E-state index is 14.0. The lowest BCUT2D eigenvalue weighted by Crippen LogP contribution is -2.06. The Bertz CT molecular complexity index is 1280. The molecule has 0 radical (unpaired) electrons. The van der Waals surface area contributed by atoms with Crippen LogP contribution in [0.4, 0.5) is 20.2 Å². The van der Waals surface area contributed by atoms with Gasteiger partial charge in [-0.05, 0) is 72.5 Å². The van der Waals surface area contributed by atoms with E-state index < -0.39 is 11.6 Å². The summed E-state index contributed by atoms with van der Waals surface area (Å²) in [6.07, 6.45) is 6.48. The van der Waals surface area contributed by atoms with E-state index in [4.69, 9.17) is 9.47 Å². The fraction of sp³-hybridized carbons (Fsp3) is 0.115. The zero-order valence-electron chi connectivity index (χ0n) is 17.0. The van der Waals surface area contributed by atoms with Crippen LogP contribution in [0.5, 0.6) is 5.75 Å². The van der Waals surface area contributed by atoms with Gasteiger partial charge in [-0.3, -0.25) is 4.79 Å². The normalized spacial score (nSPS) is 14.6. The van der Waals surface area contributed by atoms with Gasteiger partial charge in [-0.25, -0.2) is 8.78 Å². The summed E-state index contributed by atoms with van der Waals surface area (Å²) in [7, 11) is 0. The van der Waals surface area contributed by atoms with Crippen LogP contribution >= 0.6 is 0 Å². The number of ketones is 1. The van der Waals surface area contributed by atoms with Gasteiger partial charge in [0.2, 0.25) is 0 Å². The third kappa shape index (κ3) is 3.99. The fourth-order valence-corrected chi connectivity index (χ4v) is 3.89. The number of hydrogen-bond donors (Lipinski definition) is 1. The highest BCUT2D eigenvalue weighted by Crippen LogP contribution is 2.31. The minimum atomic E-state index is -0.676. The Hall–Kier alpha value is -3.93. The maximum Gasteiger partial charge on any atom is 0.193 e. The van der Waals surface area contributed by atoms with Gasteiger partial charge in [0.15, 0.2) is 5.78 Å². The molecule has 0 fully saturated rings. The van der Waals surface area contributed by atoms with Crippen LogP contribution in [0, 0.1) is 11.6 Å². The van der Waals surface area contributed by atoms with Crippen molar-refractivity contribution in [2.45, 2.75) is 12.8 Å². The summed E-state index contributed by atoms with van der Waals surface area (Å²) < 4.78 is 38.2. The highest BCUT2D eigenvalue weighted by Gasteiger charge is 2.22. The van der Waals surface area contributed by atoms with Crippen LogP contribution in [-0.2, 0) is 17.6 Å². The van der Waals surface area contributed by atoms with Gasteiger partial charge in [0, 0.05) is 29.0 Å². The molecule has 0 bridgehead atoms. The molecule has 0 unspecified atom stereocenters. The summed E-state index contributed by atoms with van der Waals surface area (Å²) in [4.78, 5) is 13.3. The topological polar surface area (TPSA) is 47.6 Å². The molecular formula is C26H19F2NO3. The second kappa shape index (κ2) is 8.30. The first-order chi connectivity index (χ1) is 15.6. The smallest absolute Gasteiger partial charge is 0.193 e. The number of rotatable bonds is 4. The zero-order chi connectivity index (χ0) is 22.1. The Labute approximate surface area is 183 Å². The van der Waals surface area contributed by atoms with Crippen molar-refractivity contribution in [1.82, 2.24) is 0 Å². The van der Waals surface area contributed by atoms with E-state index in [0.29, 0.717) is 47.8 Å². The molecule has 1 aliphatic carbocycles. The lowest BCUT2D eigenvalue weighted by atomic mass is 9.98. The Morgan fingerprint density at radius 1 is 0.906 bits per heavy atom. The number of benzene rings is 3. The van der Waals surface area contributed by atoms with Crippen molar-refractivity contribution in [1.29, 1.82) is 0 Å². The number of halogens is 2. The number of carbonyl (C=O) groups is 1. The van der Waals surface area contributed by atoms with Crippen LogP contribution in [0.3, 0.4) is 0 Å². The first kappa shape index (κ1) is 20.0. The Morgan fingerprint density at radius 3 is 2.59 bits per heavy atom. The number of ether oxygens (including phenoxy) is 2.